The molecule has 5 atom stereocenters. The van der Waals surface area contributed by atoms with E-state index >= 15 is 0 Å². The van der Waals surface area contributed by atoms with Crippen LogP contribution in [-0.4, -0.2) is 57.4 Å². The molecule has 0 aliphatic carbocycles. The van der Waals surface area contributed by atoms with Crippen LogP contribution in [0.2, 0.25) is 0 Å². The van der Waals surface area contributed by atoms with Crippen LogP contribution < -0.4 is 5.32 Å². The Hall–Kier alpha value is -2.65. The van der Waals surface area contributed by atoms with Crippen molar-refractivity contribution in [1.29, 1.82) is 0 Å². The minimum absolute atomic E-state index is 0.233. The highest BCUT2D eigenvalue weighted by Crippen LogP contribution is 2.28. The number of cyclic esters (lactones) is 1. The van der Waals surface area contributed by atoms with Gasteiger partial charge in [0.1, 0.15) is 29.8 Å². The molecule has 31 heavy (non-hydrogen) atoms. The summed E-state index contributed by atoms with van der Waals surface area (Å²) in [5, 5.41) is 41.8. The van der Waals surface area contributed by atoms with Gasteiger partial charge in [-0.2, -0.15) is 0 Å². The van der Waals surface area contributed by atoms with Crippen molar-refractivity contribution >= 4 is 11.7 Å². The Morgan fingerprint density at radius 2 is 1.94 bits per heavy atom. The first-order chi connectivity index (χ1) is 14.8. The Bertz CT molecular complexity index is 903. The zero-order chi connectivity index (χ0) is 22.5. The molecule has 8 heteroatoms. The fourth-order valence-corrected chi connectivity index (χ4v) is 3.55. The van der Waals surface area contributed by atoms with Crippen molar-refractivity contribution in [3.8, 4) is 0 Å². The van der Waals surface area contributed by atoms with E-state index in [1.54, 1.807) is 32.1 Å². The van der Waals surface area contributed by atoms with E-state index in [-0.39, 0.29) is 18.4 Å². The van der Waals surface area contributed by atoms with E-state index in [2.05, 4.69) is 5.32 Å². The number of hydrogen-bond donors (Lipinski definition) is 5. The number of furan rings is 1. The van der Waals surface area contributed by atoms with E-state index in [9.17, 15) is 20.1 Å². The summed E-state index contributed by atoms with van der Waals surface area (Å²) in [6, 6.07) is 8.98. The van der Waals surface area contributed by atoms with Crippen molar-refractivity contribution in [2.45, 2.75) is 57.1 Å². The van der Waals surface area contributed by atoms with Crippen LogP contribution in [0.4, 0.5) is 5.69 Å². The first kappa shape index (κ1) is 23.0. The lowest BCUT2D eigenvalue weighted by atomic mass is 10.0. The van der Waals surface area contributed by atoms with Crippen LogP contribution in [0.15, 0.2) is 46.9 Å². The highest BCUT2D eigenvalue weighted by Gasteiger charge is 2.33. The monoisotopic (exact) mass is 431 g/mol. The van der Waals surface area contributed by atoms with Crippen LogP contribution in [0.25, 0.3) is 0 Å². The summed E-state index contributed by atoms with van der Waals surface area (Å²) in [4.78, 5) is 11.7. The zero-order valence-corrected chi connectivity index (χ0v) is 17.6. The van der Waals surface area contributed by atoms with Crippen LogP contribution in [0.3, 0.4) is 0 Å². The van der Waals surface area contributed by atoms with Crippen LogP contribution in [0.5, 0.6) is 0 Å². The van der Waals surface area contributed by atoms with Crippen molar-refractivity contribution in [3.63, 3.8) is 0 Å². The second-order valence-corrected chi connectivity index (χ2v) is 7.84. The van der Waals surface area contributed by atoms with Gasteiger partial charge in [-0.25, -0.2) is 0 Å². The molecular formula is C23H29NO7. The Morgan fingerprint density at radius 1 is 1.23 bits per heavy atom. The van der Waals surface area contributed by atoms with Gasteiger partial charge < -0.3 is 34.9 Å². The number of benzene rings is 1. The minimum atomic E-state index is -1.28. The summed E-state index contributed by atoms with van der Waals surface area (Å²) < 4.78 is 11.0. The summed E-state index contributed by atoms with van der Waals surface area (Å²) in [6.07, 6.45) is 0.335. The largest absolute Gasteiger partial charge is 0.466 e. The molecule has 0 saturated carbocycles. The van der Waals surface area contributed by atoms with E-state index in [0.29, 0.717) is 23.5 Å². The molecule has 0 radical (unpaired) electrons. The van der Waals surface area contributed by atoms with E-state index in [0.717, 1.165) is 11.3 Å². The van der Waals surface area contributed by atoms with E-state index in [4.69, 9.17) is 14.3 Å². The Balaban J connectivity index is 1.68. The number of anilines is 1. The third kappa shape index (κ3) is 5.95. The average molecular weight is 431 g/mol. The molecule has 1 aromatic heterocycles. The molecule has 0 amide bonds. The highest BCUT2D eigenvalue weighted by molar-refractivity contribution is 5.74. The van der Waals surface area contributed by atoms with Crippen LogP contribution >= 0.6 is 0 Å². The molecule has 0 bridgehead atoms. The maximum atomic E-state index is 11.7. The van der Waals surface area contributed by atoms with Gasteiger partial charge >= 0.3 is 5.97 Å². The van der Waals surface area contributed by atoms with E-state index in [1.165, 1.54) is 0 Å². The van der Waals surface area contributed by atoms with Crippen molar-refractivity contribution in [2.75, 3.05) is 11.9 Å². The molecule has 0 spiro atoms. The summed E-state index contributed by atoms with van der Waals surface area (Å²) in [7, 11) is 0. The fraction of sp³-hybridized carbons (Fsp3) is 0.435. The molecule has 1 aliphatic heterocycles. The number of nitrogens with one attached hydrogen (secondary N) is 1. The molecule has 168 valence electrons. The number of aryl methyl sites for hydroxylation is 1. The van der Waals surface area contributed by atoms with Gasteiger partial charge in [0.15, 0.2) is 0 Å². The Morgan fingerprint density at radius 3 is 2.58 bits per heavy atom. The summed E-state index contributed by atoms with van der Waals surface area (Å²) >= 11 is 0. The molecule has 2 heterocycles. The molecule has 2 aromatic rings. The van der Waals surface area contributed by atoms with Gasteiger partial charge in [-0.3, -0.25) is 4.79 Å². The van der Waals surface area contributed by atoms with Gasteiger partial charge in [0.2, 0.25) is 0 Å². The van der Waals surface area contributed by atoms with Crippen LogP contribution in [0.1, 0.15) is 42.1 Å². The van der Waals surface area contributed by atoms with E-state index < -0.39 is 31.0 Å². The summed E-state index contributed by atoms with van der Waals surface area (Å²) in [6.45, 7) is 2.83. The lowest BCUT2D eigenvalue weighted by Crippen LogP contribution is -2.27. The zero-order valence-electron chi connectivity index (χ0n) is 17.6. The third-order valence-electron chi connectivity index (χ3n) is 5.14. The molecule has 3 rings (SSSR count). The number of ether oxygens (including phenoxy) is 1. The quantitative estimate of drug-likeness (QED) is 0.299. The number of aliphatic hydroxyl groups is 4. The van der Waals surface area contributed by atoms with Crippen molar-refractivity contribution in [3.05, 3.63) is 65.1 Å². The average Bonchev–Trinajstić information content (AvgIpc) is 3.27. The smallest absolute Gasteiger partial charge is 0.308 e. The first-order valence-electron chi connectivity index (χ1n) is 10.2. The van der Waals surface area contributed by atoms with Crippen molar-refractivity contribution in [2.24, 2.45) is 0 Å². The van der Waals surface area contributed by atoms with Crippen molar-refractivity contribution in [1.82, 2.24) is 0 Å². The fourth-order valence-electron chi connectivity index (χ4n) is 3.55. The number of rotatable bonds is 9. The predicted molar refractivity (Wildman–Crippen MR) is 113 cm³/mol. The molecule has 5 N–H and O–H groups in total. The number of carbonyl (C=O) groups is 1. The molecule has 1 aliphatic rings. The van der Waals surface area contributed by atoms with Crippen molar-refractivity contribution < 1.29 is 34.4 Å². The molecular weight excluding hydrogens is 402 g/mol. The van der Waals surface area contributed by atoms with E-state index in [1.807, 2.05) is 24.3 Å². The number of aliphatic hydroxyl groups excluding tert-OH is 4. The molecule has 1 aromatic carbocycles. The van der Waals surface area contributed by atoms with Crippen LogP contribution in [0, 0.1) is 6.92 Å². The molecule has 1 saturated heterocycles. The maximum absolute atomic E-state index is 11.7. The summed E-state index contributed by atoms with van der Waals surface area (Å²) in [5.41, 5.74) is 2.20. The van der Waals surface area contributed by atoms with Gasteiger partial charge in [-0.15, -0.1) is 0 Å². The molecule has 8 nitrogen and oxygen atoms in total. The lowest BCUT2D eigenvalue weighted by molar-refractivity contribution is -0.140. The standard InChI is InChI=1S/C23H29NO7/c1-13(26)3-8-20-18(11-22(28)31-20)24-16-6-4-15(5-7-16)10-21-17(9-14(2)30-21)23(29)19(27)12-25/h3-9,13,18-20,23-27,29H,10-12H2,1-2H3. The minimum Gasteiger partial charge on any atom is -0.466 e. The predicted octanol–water partition coefficient (Wildman–Crippen LogP) is 1.60. The second-order valence-electron chi connectivity index (χ2n) is 7.84. The molecule has 1 fully saturated rings. The number of carbonyl (C=O) groups excluding carboxylic acids is 1. The summed E-state index contributed by atoms with van der Waals surface area (Å²) in [5.74, 6) is 0.838. The van der Waals surface area contributed by atoms with Gasteiger partial charge in [-0.1, -0.05) is 18.2 Å². The maximum Gasteiger partial charge on any atom is 0.308 e. The van der Waals surface area contributed by atoms with Crippen LogP contribution in [-0.2, 0) is 16.0 Å². The van der Waals surface area contributed by atoms with Gasteiger partial charge in [0.05, 0.1) is 25.2 Å². The Labute approximate surface area is 180 Å². The number of hydrogen-bond acceptors (Lipinski definition) is 8. The normalized spacial score (nSPS) is 21.8. The highest BCUT2D eigenvalue weighted by atomic mass is 16.6. The number of esters is 1. The second kappa shape index (κ2) is 10.1. The SMILES string of the molecule is Cc1cc(C(O)C(O)CO)c(Cc2ccc(NC3CC(=O)OC3C=CC(C)O)cc2)o1. The van der Waals surface area contributed by atoms with Gasteiger partial charge in [-0.05, 0) is 43.7 Å². The topological polar surface area (TPSA) is 132 Å². The van der Waals surface area contributed by atoms with Gasteiger partial charge in [0.25, 0.3) is 0 Å². The lowest BCUT2D eigenvalue weighted by Gasteiger charge is -2.18. The first-order valence-corrected chi connectivity index (χ1v) is 10.2. The van der Waals surface area contributed by atoms with Gasteiger partial charge in [0, 0.05) is 17.7 Å². The third-order valence-corrected chi connectivity index (χ3v) is 5.14. The Kier molecular flexibility index (Phi) is 7.50. The molecule has 5 unspecified atom stereocenters.